The normalized spacial score (nSPS) is 21.1. The van der Waals surface area contributed by atoms with Gasteiger partial charge in [0, 0.05) is 6.42 Å². The Hall–Kier alpha value is -0.240. The molecular formula is C5H6OS. The second-order valence-electron chi connectivity index (χ2n) is 1.70. The van der Waals surface area contributed by atoms with E-state index in [9.17, 15) is 4.79 Å². The second-order valence-corrected chi connectivity index (χ2v) is 2.19. The first-order valence-corrected chi connectivity index (χ1v) is 2.77. The lowest BCUT2D eigenvalue weighted by Crippen LogP contribution is -1.98. The van der Waals surface area contributed by atoms with Crippen molar-refractivity contribution in [1.29, 1.82) is 0 Å². The fourth-order valence-electron chi connectivity index (χ4n) is 0.688. The van der Waals surface area contributed by atoms with Crippen LogP contribution in [0.3, 0.4) is 0 Å². The van der Waals surface area contributed by atoms with Crippen LogP contribution in [0.4, 0.5) is 0 Å². The number of rotatable bonds is 0. The van der Waals surface area contributed by atoms with Gasteiger partial charge in [-0.2, -0.15) is 0 Å². The predicted molar refractivity (Wildman–Crippen MR) is 31.5 cm³/mol. The lowest BCUT2D eigenvalue weighted by Gasteiger charge is -1.77. The molecule has 0 heterocycles. The number of carbonyl (C=O) groups is 1. The van der Waals surface area contributed by atoms with E-state index in [2.05, 4.69) is 0 Å². The minimum Gasteiger partial charge on any atom is -0.294 e. The SMILES string of the molecule is O=C1CCCC1=S. The quantitative estimate of drug-likeness (QED) is 0.439. The van der Waals surface area contributed by atoms with Crippen LogP contribution >= 0.6 is 12.2 Å². The lowest BCUT2D eigenvalue weighted by atomic mass is 10.4. The van der Waals surface area contributed by atoms with Crippen molar-refractivity contribution in [2.75, 3.05) is 0 Å². The summed E-state index contributed by atoms with van der Waals surface area (Å²) in [5, 5.41) is 0. The number of thiocarbonyl (C=S) groups is 1. The van der Waals surface area contributed by atoms with Gasteiger partial charge >= 0.3 is 0 Å². The Morgan fingerprint density at radius 3 is 2.29 bits per heavy atom. The van der Waals surface area contributed by atoms with Crippen molar-refractivity contribution in [3.63, 3.8) is 0 Å². The van der Waals surface area contributed by atoms with Crippen LogP contribution in [0.25, 0.3) is 0 Å². The van der Waals surface area contributed by atoms with Crippen LogP contribution in [-0.2, 0) is 4.79 Å². The minimum absolute atomic E-state index is 0.190. The number of carbonyl (C=O) groups excluding carboxylic acids is 1. The number of hydrogen-bond donors (Lipinski definition) is 0. The third kappa shape index (κ3) is 0.855. The smallest absolute Gasteiger partial charge is 0.169 e. The maximum Gasteiger partial charge on any atom is 0.169 e. The molecule has 1 aliphatic rings. The van der Waals surface area contributed by atoms with Gasteiger partial charge in [0.2, 0.25) is 0 Å². The average molecular weight is 114 g/mol. The number of ketones is 1. The summed E-state index contributed by atoms with van der Waals surface area (Å²) in [5.74, 6) is 0.190. The highest BCUT2D eigenvalue weighted by molar-refractivity contribution is 7.82. The van der Waals surface area contributed by atoms with Crippen LogP contribution in [-0.4, -0.2) is 10.6 Å². The van der Waals surface area contributed by atoms with Gasteiger partial charge in [-0.3, -0.25) is 4.79 Å². The van der Waals surface area contributed by atoms with Crippen LogP contribution in [0.5, 0.6) is 0 Å². The molecule has 0 aliphatic heterocycles. The van der Waals surface area contributed by atoms with Gasteiger partial charge in [0.25, 0.3) is 0 Å². The Morgan fingerprint density at radius 2 is 2.14 bits per heavy atom. The third-order valence-electron chi connectivity index (χ3n) is 1.12. The van der Waals surface area contributed by atoms with Crippen molar-refractivity contribution in [2.24, 2.45) is 0 Å². The molecule has 7 heavy (non-hydrogen) atoms. The van der Waals surface area contributed by atoms with Crippen molar-refractivity contribution >= 4 is 22.9 Å². The zero-order valence-corrected chi connectivity index (χ0v) is 4.75. The molecule has 0 aromatic rings. The molecule has 0 saturated heterocycles. The maximum absolute atomic E-state index is 10.4. The Kier molecular flexibility index (Phi) is 1.19. The second kappa shape index (κ2) is 1.70. The number of Topliss-reactive ketones (excluding diaryl/α,β-unsaturated/α-hetero) is 1. The standard InChI is InChI=1S/C5H6OS/c6-4-2-1-3-5(4)7/h1-3H2. The number of hydrogen-bond acceptors (Lipinski definition) is 2. The van der Waals surface area contributed by atoms with Crippen molar-refractivity contribution < 1.29 is 4.79 Å². The molecule has 0 amide bonds. The topological polar surface area (TPSA) is 17.1 Å². The van der Waals surface area contributed by atoms with Gasteiger partial charge < -0.3 is 0 Å². The van der Waals surface area contributed by atoms with Gasteiger partial charge in [-0.05, 0) is 12.8 Å². The van der Waals surface area contributed by atoms with Crippen LogP contribution in [0.1, 0.15) is 19.3 Å². The Balaban J connectivity index is 2.65. The first-order chi connectivity index (χ1) is 3.30. The van der Waals surface area contributed by atoms with Crippen molar-refractivity contribution in [3.05, 3.63) is 0 Å². The van der Waals surface area contributed by atoms with Crippen molar-refractivity contribution in [2.45, 2.75) is 19.3 Å². The molecule has 1 saturated carbocycles. The molecule has 1 fully saturated rings. The highest BCUT2D eigenvalue weighted by Crippen LogP contribution is 2.10. The predicted octanol–water partition coefficient (Wildman–Crippen LogP) is 1.11. The van der Waals surface area contributed by atoms with Gasteiger partial charge in [-0.15, -0.1) is 0 Å². The minimum atomic E-state index is 0.190. The van der Waals surface area contributed by atoms with Crippen LogP contribution < -0.4 is 0 Å². The first-order valence-electron chi connectivity index (χ1n) is 2.37. The van der Waals surface area contributed by atoms with Crippen molar-refractivity contribution in [3.8, 4) is 0 Å². The van der Waals surface area contributed by atoms with Crippen LogP contribution in [0, 0.1) is 0 Å². The van der Waals surface area contributed by atoms with Gasteiger partial charge in [0.05, 0.1) is 4.86 Å². The fraction of sp³-hybridized carbons (Fsp3) is 0.600. The zero-order valence-electron chi connectivity index (χ0n) is 3.94. The van der Waals surface area contributed by atoms with Crippen LogP contribution in [0.15, 0.2) is 0 Å². The van der Waals surface area contributed by atoms with Gasteiger partial charge in [0.1, 0.15) is 0 Å². The Labute approximate surface area is 47.7 Å². The summed E-state index contributed by atoms with van der Waals surface area (Å²) in [6.45, 7) is 0. The first kappa shape index (κ1) is 4.91. The molecule has 1 rings (SSSR count). The van der Waals surface area contributed by atoms with Crippen molar-refractivity contribution in [1.82, 2.24) is 0 Å². The summed E-state index contributed by atoms with van der Waals surface area (Å²) in [7, 11) is 0. The summed E-state index contributed by atoms with van der Waals surface area (Å²) < 4.78 is 0. The highest BCUT2D eigenvalue weighted by atomic mass is 32.1. The largest absolute Gasteiger partial charge is 0.294 e. The van der Waals surface area contributed by atoms with Gasteiger partial charge in [0.15, 0.2) is 5.78 Å². The molecule has 0 N–H and O–H groups in total. The molecule has 2 heteroatoms. The molecule has 38 valence electrons. The van der Waals surface area contributed by atoms with E-state index >= 15 is 0 Å². The highest BCUT2D eigenvalue weighted by Gasteiger charge is 2.15. The Morgan fingerprint density at radius 1 is 1.43 bits per heavy atom. The average Bonchev–Trinajstić information content (AvgIpc) is 1.91. The van der Waals surface area contributed by atoms with Gasteiger partial charge in [-0.25, -0.2) is 0 Å². The fourth-order valence-corrected chi connectivity index (χ4v) is 0.935. The van der Waals surface area contributed by atoms with E-state index in [4.69, 9.17) is 12.2 Å². The summed E-state index contributed by atoms with van der Waals surface area (Å²) in [4.78, 5) is 11.1. The zero-order chi connectivity index (χ0) is 5.28. The molecule has 1 aliphatic carbocycles. The van der Waals surface area contributed by atoms with Gasteiger partial charge in [-0.1, -0.05) is 12.2 Å². The molecule has 0 aromatic heterocycles. The molecule has 1 nitrogen and oxygen atoms in total. The summed E-state index contributed by atoms with van der Waals surface area (Å²) in [5.41, 5.74) is 0. The van der Waals surface area contributed by atoms with E-state index in [1.165, 1.54) is 0 Å². The summed E-state index contributed by atoms with van der Waals surface area (Å²) in [6.07, 6.45) is 2.53. The molecular weight excluding hydrogens is 108 g/mol. The summed E-state index contributed by atoms with van der Waals surface area (Å²) in [6, 6.07) is 0. The van der Waals surface area contributed by atoms with E-state index in [-0.39, 0.29) is 5.78 Å². The van der Waals surface area contributed by atoms with E-state index in [1.807, 2.05) is 0 Å². The molecule has 0 atom stereocenters. The maximum atomic E-state index is 10.4. The summed E-state index contributed by atoms with van der Waals surface area (Å²) >= 11 is 4.69. The van der Waals surface area contributed by atoms with E-state index in [0.717, 1.165) is 12.8 Å². The van der Waals surface area contributed by atoms with E-state index in [1.54, 1.807) is 0 Å². The molecule has 0 radical (unpaired) electrons. The molecule has 0 unspecified atom stereocenters. The Bertz CT molecular complexity index is 103. The van der Waals surface area contributed by atoms with E-state index < -0.39 is 0 Å². The third-order valence-corrected chi connectivity index (χ3v) is 1.55. The van der Waals surface area contributed by atoms with E-state index in [0.29, 0.717) is 11.3 Å². The monoisotopic (exact) mass is 114 g/mol. The molecule has 0 bridgehead atoms. The molecule has 0 aromatic carbocycles. The van der Waals surface area contributed by atoms with Crippen LogP contribution in [0.2, 0.25) is 0 Å². The molecule has 0 spiro atoms. The lowest BCUT2D eigenvalue weighted by molar-refractivity contribution is -0.112.